The van der Waals surface area contributed by atoms with Crippen LogP contribution >= 0.6 is 0 Å². The molecule has 4 saturated carbocycles. The maximum Gasteiger partial charge on any atom is 0.410 e. The Morgan fingerprint density at radius 2 is 1.54 bits per heavy atom. The number of urea groups is 1. The van der Waals surface area contributed by atoms with Gasteiger partial charge in [0, 0.05) is 45.3 Å². The van der Waals surface area contributed by atoms with E-state index in [0.717, 1.165) is 44.9 Å². The Kier molecular flexibility index (Phi) is 6.43. The van der Waals surface area contributed by atoms with Gasteiger partial charge in [-0.1, -0.05) is 0 Å². The van der Waals surface area contributed by atoms with Crippen molar-refractivity contribution in [2.75, 3.05) is 39.3 Å². The van der Waals surface area contributed by atoms with Gasteiger partial charge in [0.1, 0.15) is 5.60 Å². The molecule has 4 aliphatic carbocycles. The van der Waals surface area contributed by atoms with Crippen molar-refractivity contribution in [3.05, 3.63) is 0 Å². The van der Waals surface area contributed by atoms with Gasteiger partial charge < -0.3 is 29.9 Å². The van der Waals surface area contributed by atoms with E-state index in [1.54, 1.807) is 4.90 Å². The fourth-order valence-corrected chi connectivity index (χ4v) is 7.49. The van der Waals surface area contributed by atoms with Gasteiger partial charge in [0.2, 0.25) is 5.91 Å². The number of piperidine rings is 1. The molecule has 6 rings (SSSR count). The minimum atomic E-state index is -0.534. The first-order valence-electron chi connectivity index (χ1n) is 13.5. The number of aliphatic hydroxyl groups is 1. The van der Waals surface area contributed by atoms with Crippen molar-refractivity contribution in [3.8, 4) is 0 Å². The number of piperazine rings is 1. The lowest BCUT2D eigenvalue weighted by Crippen LogP contribution is -2.61. The molecule has 0 spiro atoms. The van der Waals surface area contributed by atoms with Gasteiger partial charge in [-0.05, 0) is 83.5 Å². The summed E-state index contributed by atoms with van der Waals surface area (Å²) in [7, 11) is 0. The van der Waals surface area contributed by atoms with E-state index in [1.165, 1.54) is 0 Å². The first-order valence-corrected chi connectivity index (χ1v) is 13.5. The summed E-state index contributed by atoms with van der Waals surface area (Å²) >= 11 is 0. The molecule has 0 aromatic heterocycles. The van der Waals surface area contributed by atoms with E-state index in [2.05, 4.69) is 5.32 Å². The predicted octanol–water partition coefficient (Wildman–Crippen LogP) is 2.43. The van der Waals surface area contributed by atoms with Crippen LogP contribution in [0.15, 0.2) is 0 Å². The number of hydrogen-bond donors (Lipinski definition) is 2. The number of likely N-dealkylation sites (tertiary alicyclic amines) is 1. The molecule has 6 atom stereocenters. The smallest absolute Gasteiger partial charge is 0.410 e. The molecule has 2 N–H and O–H groups in total. The second-order valence-electron chi connectivity index (χ2n) is 12.7. The average Bonchev–Trinajstić information content (AvgIpc) is 2.80. The minimum Gasteiger partial charge on any atom is -0.444 e. The molecule has 9 heteroatoms. The van der Waals surface area contributed by atoms with E-state index < -0.39 is 5.60 Å². The minimum absolute atomic E-state index is 0.00860. The van der Waals surface area contributed by atoms with Crippen LogP contribution in [0.4, 0.5) is 9.59 Å². The second-order valence-corrected chi connectivity index (χ2v) is 12.7. The molecular weight excluding hydrogens is 448 g/mol. The number of nitrogens with one attached hydrogen (secondary N) is 1. The molecule has 3 unspecified atom stereocenters. The molecule has 2 saturated heterocycles. The molecular formula is C26H42N4O5. The Balaban J connectivity index is 1.13. The maximum atomic E-state index is 13.5. The van der Waals surface area contributed by atoms with Crippen molar-refractivity contribution in [1.82, 2.24) is 20.0 Å². The maximum absolute atomic E-state index is 13.5. The fraction of sp³-hybridized carbons (Fsp3) is 0.885. The first kappa shape index (κ1) is 24.7. The third-order valence-electron chi connectivity index (χ3n) is 8.93. The molecule has 4 bridgehead atoms. The highest BCUT2D eigenvalue weighted by Crippen LogP contribution is 2.60. The van der Waals surface area contributed by atoms with E-state index in [0.29, 0.717) is 45.2 Å². The number of rotatable bonds is 2. The van der Waals surface area contributed by atoms with Gasteiger partial charge in [-0.15, -0.1) is 0 Å². The highest BCUT2D eigenvalue weighted by molar-refractivity contribution is 5.83. The van der Waals surface area contributed by atoms with Gasteiger partial charge in [-0.3, -0.25) is 4.79 Å². The standard InChI is InChI=1S/C26H42N4O5/c1-25(2,3)35-24(34)29-9-7-28(8-10-29)23(33)30-6-4-5-20(16-30)27-22(32)26-13-17-11-18(14-26)21(31)19(12-17)15-26/h17-21,31H,4-16H2,1-3H3,(H,27,32)/t17?,18-,19?,20+,21?,26-/m1/s1. The Labute approximate surface area is 208 Å². The molecule has 2 aliphatic heterocycles. The molecule has 4 amide bonds. The average molecular weight is 491 g/mol. The lowest BCUT2D eigenvalue weighted by atomic mass is 9.48. The van der Waals surface area contributed by atoms with E-state index in [4.69, 9.17) is 4.74 Å². The van der Waals surface area contributed by atoms with Gasteiger partial charge in [0.25, 0.3) is 0 Å². The van der Waals surface area contributed by atoms with Crippen molar-refractivity contribution >= 4 is 18.0 Å². The van der Waals surface area contributed by atoms with Gasteiger partial charge in [0.05, 0.1) is 11.5 Å². The number of ether oxygens (including phenoxy) is 1. The number of aliphatic hydroxyl groups excluding tert-OH is 1. The normalized spacial score (nSPS) is 36.8. The zero-order valence-corrected chi connectivity index (χ0v) is 21.5. The van der Waals surface area contributed by atoms with Crippen molar-refractivity contribution in [2.24, 2.45) is 23.2 Å². The van der Waals surface area contributed by atoms with E-state index in [1.807, 2.05) is 30.6 Å². The van der Waals surface area contributed by atoms with E-state index in [9.17, 15) is 19.5 Å². The van der Waals surface area contributed by atoms with Gasteiger partial charge in [0.15, 0.2) is 0 Å². The van der Waals surface area contributed by atoms with E-state index >= 15 is 0 Å². The van der Waals surface area contributed by atoms with Crippen molar-refractivity contribution in [3.63, 3.8) is 0 Å². The molecule has 0 radical (unpaired) electrons. The lowest BCUT2D eigenvalue weighted by molar-refractivity contribution is -0.163. The summed E-state index contributed by atoms with van der Waals surface area (Å²) in [4.78, 5) is 44.4. The van der Waals surface area contributed by atoms with Crippen LogP contribution in [0.5, 0.6) is 0 Å². The quantitative estimate of drug-likeness (QED) is 0.619. The molecule has 196 valence electrons. The summed E-state index contributed by atoms with van der Waals surface area (Å²) in [5.41, 5.74) is -0.854. The molecule has 9 nitrogen and oxygen atoms in total. The molecule has 0 aromatic rings. The highest BCUT2D eigenvalue weighted by Gasteiger charge is 2.58. The lowest BCUT2D eigenvalue weighted by Gasteiger charge is -2.58. The Morgan fingerprint density at radius 3 is 2.17 bits per heavy atom. The number of amides is 4. The van der Waals surface area contributed by atoms with Crippen LogP contribution in [0.25, 0.3) is 0 Å². The van der Waals surface area contributed by atoms with Crippen molar-refractivity contribution in [2.45, 2.75) is 83.5 Å². The van der Waals surface area contributed by atoms with Crippen molar-refractivity contribution in [1.29, 1.82) is 0 Å². The Bertz CT molecular complexity index is 833. The highest BCUT2D eigenvalue weighted by atomic mass is 16.6. The third-order valence-corrected chi connectivity index (χ3v) is 8.93. The van der Waals surface area contributed by atoms with Gasteiger partial charge in [-0.2, -0.15) is 0 Å². The van der Waals surface area contributed by atoms with Crippen LogP contribution in [0, 0.1) is 23.2 Å². The van der Waals surface area contributed by atoms with Crippen LogP contribution < -0.4 is 5.32 Å². The SMILES string of the molecule is CC(C)(C)OC(=O)N1CCN(C(=O)N2CCC[C@H](NC(=O)[C@@]34CC5CC(C3)C(O)[C@H](C5)C4)C2)CC1. The first-order chi connectivity index (χ1) is 16.5. The summed E-state index contributed by atoms with van der Waals surface area (Å²) < 4.78 is 5.45. The molecule has 6 aliphatic rings. The van der Waals surface area contributed by atoms with Crippen LogP contribution in [0.3, 0.4) is 0 Å². The van der Waals surface area contributed by atoms with Crippen LogP contribution in [0.1, 0.15) is 65.7 Å². The van der Waals surface area contributed by atoms with Crippen molar-refractivity contribution < 1.29 is 24.2 Å². The second kappa shape index (κ2) is 9.12. The molecule has 6 fully saturated rings. The van der Waals surface area contributed by atoms with E-state index in [-0.39, 0.29) is 47.4 Å². The van der Waals surface area contributed by atoms with Crippen LogP contribution in [-0.2, 0) is 9.53 Å². The largest absolute Gasteiger partial charge is 0.444 e. The van der Waals surface area contributed by atoms with Crippen LogP contribution in [-0.4, -0.2) is 94.9 Å². The Hall–Kier alpha value is -2.03. The monoisotopic (exact) mass is 490 g/mol. The zero-order chi connectivity index (χ0) is 25.0. The summed E-state index contributed by atoms with van der Waals surface area (Å²) in [6.45, 7) is 8.68. The predicted molar refractivity (Wildman–Crippen MR) is 130 cm³/mol. The topological polar surface area (TPSA) is 102 Å². The fourth-order valence-electron chi connectivity index (χ4n) is 7.49. The van der Waals surface area contributed by atoms with Crippen LogP contribution in [0.2, 0.25) is 0 Å². The Morgan fingerprint density at radius 1 is 0.914 bits per heavy atom. The number of carbonyl (C=O) groups excluding carboxylic acids is 3. The molecule has 0 aromatic carbocycles. The van der Waals surface area contributed by atoms with Gasteiger partial charge in [-0.25, -0.2) is 9.59 Å². The summed E-state index contributed by atoms with van der Waals surface area (Å²) in [5, 5.41) is 13.9. The summed E-state index contributed by atoms with van der Waals surface area (Å²) in [6, 6.07) is -0.0353. The molecule has 35 heavy (non-hydrogen) atoms. The number of nitrogens with zero attached hydrogens (tertiary/aromatic N) is 3. The third kappa shape index (κ3) is 4.98. The summed E-state index contributed by atoms with van der Waals surface area (Å²) in [6.07, 6.45) is 5.91. The number of hydrogen-bond acceptors (Lipinski definition) is 5. The molecule has 2 heterocycles. The van der Waals surface area contributed by atoms with Gasteiger partial charge >= 0.3 is 12.1 Å². The summed E-state index contributed by atoms with van der Waals surface area (Å²) in [5.74, 6) is 1.27. The zero-order valence-electron chi connectivity index (χ0n) is 21.5. The number of carbonyl (C=O) groups is 3.